The van der Waals surface area contributed by atoms with Crippen molar-refractivity contribution in [2.45, 2.75) is 23.9 Å². The number of nitrogens with zero attached hydrogens (tertiary/aromatic N) is 3. The van der Waals surface area contributed by atoms with Crippen LogP contribution in [-0.4, -0.2) is 26.0 Å². The minimum absolute atomic E-state index is 0.0623. The molecule has 0 saturated carbocycles. The SMILES string of the molecule is CC(C)N1c2nc(Cl)ncc2NC(=O)[C@@H]1I. The molecule has 5 nitrogen and oxygen atoms in total. The molecule has 0 fully saturated rings. The van der Waals surface area contributed by atoms with Gasteiger partial charge in [0.15, 0.2) is 9.87 Å². The van der Waals surface area contributed by atoms with E-state index >= 15 is 0 Å². The summed E-state index contributed by atoms with van der Waals surface area (Å²) < 4.78 is -0.281. The van der Waals surface area contributed by atoms with Crippen LogP contribution in [0.3, 0.4) is 0 Å². The molecule has 0 aromatic carbocycles. The van der Waals surface area contributed by atoms with Crippen LogP contribution in [0, 0.1) is 0 Å². The Balaban J connectivity index is 2.53. The Morgan fingerprint density at radius 3 is 2.94 bits per heavy atom. The van der Waals surface area contributed by atoms with Gasteiger partial charge in [0, 0.05) is 6.04 Å². The summed E-state index contributed by atoms with van der Waals surface area (Å²) in [5, 5.41) is 2.93. The normalized spacial score (nSPS) is 19.7. The van der Waals surface area contributed by atoms with Gasteiger partial charge in [0.2, 0.25) is 5.28 Å². The molecule has 16 heavy (non-hydrogen) atoms. The number of hydrogen-bond donors (Lipinski definition) is 1. The van der Waals surface area contributed by atoms with E-state index in [1.807, 2.05) is 18.7 Å². The highest BCUT2D eigenvalue weighted by atomic mass is 127. The Morgan fingerprint density at radius 2 is 2.31 bits per heavy atom. The van der Waals surface area contributed by atoms with E-state index in [0.29, 0.717) is 11.5 Å². The van der Waals surface area contributed by atoms with E-state index in [9.17, 15) is 4.79 Å². The van der Waals surface area contributed by atoms with Crippen molar-refractivity contribution in [1.82, 2.24) is 9.97 Å². The molecule has 0 unspecified atom stereocenters. The highest BCUT2D eigenvalue weighted by Crippen LogP contribution is 2.33. The molecule has 1 aromatic heterocycles. The second kappa shape index (κ2) is 4.33. The standard InChI is InChI=1S/C9H10ClIN4O/c1-4(2)15-6(11)8(16)13-5-3-12-9(10)14-7(5)15/h3-4,6H,1-2H3,(H,13,16)/t6-/m1/s1. The van der Waals surface area contributed by atoms with Gasteiger partial charge in [-0.2, -0.15) is 4.98 Å². The first kappa shape index (κ1) is 11.8. The second-order valence-corrected chi connectivity index (χ2v) is 5.22. The monoisotopic (exact) mass is 352 g/mol. The minimum atomic E-state index is -0.281. The summed E-state index contributed by atoms with van der Waals surface area (Å²) in [5.41, 5.74) is 0.607. The number of halogens is 2. The maximum Gasteiger partial charge on any atom is 0.257 e. The quantitative estimate of drug-likeness (QED) is 0.364. The molecule has 0 saturated heterocycles. The van der Waals surface area contributed by atoms with Gasteiger partial charge in [0.05, 0.1) is 6.20 Å². The second-order valence-electron chi connectivity index (χ2n) is 3.70. The fourth-order valence-corrected chi connectivity index (χ4v) is 2.76. The van der Waals surface area contributed by atoms with Gasteiger partial charge >= 0.3 is 0 Å². The number of rotatable bonds is 1. The van der Waals surface area contributed by atoms with Gasteiger partial charge in [-0.05, 0) is 48.0 Å². The van der Waals surface area contributed by atoms with Crippen LogP contribution < -0.4 is 10.2 Å². The van der Waals surface area contributed by atoms with E-state index in [0.717, 1.165) is 0 Å². The van der Waals surface area contributed by atoms with Crippen LogP contribution in [0.15, 0.2) is 6.20 Å². The summed E-state index contributed by atoms with van der Waals surface area (Å²) in [6, 6.07) is 0.165. The zero-order chi connectivity index (χ0) is 11.9. The average Bonchev–Trinajstić information content (AvgIpc) is 2.20. The van der Waals surface area contributed by atoms with Gasteiger partial charge in [-0.25, -0.2) is 4.98 Å². The van der Waals surface area contributed by atoms with Crippen molar-refractivity contribution in [2.24, 2.45) is 0 Å². The van der Waals surface area contributed by atoms with Crippen LogP contribution in [0.5, 0.6) is 0 Å². The summed E-state index contributed by atoms with van der Waals surface area (Å²) in [7, 11) is 0. The topological polar surface area (TPSA) is 58.1 Å². The first-order chi connectivity index (χ1) is 7.50. The molecule has 2 heterocycles. The van der Waals surface area contributed by atoms with Crippen LogP contribution in [0.1, 0.15) is 13.8 Å². The number of carbonyl (C=O) groups is 1. The lowest BCUT2D eigenvalue weighted by Crippen LogP contribution is -2.48. The van der Waals surface area contributed by atoms with Crippen molar-refractivity contribution < 1.29 is 4.79 Å². The zero-order valence-electron chi connectivity index (χ0n) is 8.74. The van der Waals surface area contributed by atoms with Gasteiger partial charge in [0.25, 0.3) is 5.91 Å². The summed E-state index contributed by atoms with van der Waals surface area (Å²) in [6.45, 7) is 4.01. The predicted molar refractivity (Wildman–Crippen MR) is 71.1 cm³/mol. The van der Waals surface area contributed by atoms with Crippen molar-refractivity contribution in [3.05, 3.63) is 11.5 Å². The molecule has 1 aromatic rings. The van der Waals surface area contributed by atoms with Gasteiger partial charge in [-0.3, -0.25) is 4.79 Å². The summed E-state index contributed by atoms with van der Waals surface area (Å²) >= 11 is 7.85. The van der Waals surface area contributed by atoms with E-state index in [2.05, 4.69) is 37.9 Å². The lowest BCUT2D eigenvalue weighted by Gasteiger charge is -2.36. The number of amides is 1. The van der Waals surface area contributed by atoms with E-state index in [1.54, 1.807) is 0 Å². The van der Waals surface area contributed by atoms with Gasteiger partial charge in [-0.1, -0.05) is 0 Å². The Labute approximate surface area is 112 Å². The number of fused-ring (bicyclic) bond motifs is 1. The molecule has 2 rings (SSSR count). The largest absolute Gasteiger partial charge is 0.332 e. The van der Waals surface area contributed by atoms with Crippen molar-refractivity contribution in [1.29, 1.82) is 0 Å². The number of alkyl halides is 1. The molecule has 1 amide bonds. The molecule has 1 atom stereocenters. The fourth-order valence-electron chi connectivity index (χ4n) is 1.57. The van der Waals surface area contributed by atoms with Crippen LogP contribution in [0.4, 0.5) is 11.5 Å². The van der Waals surface area contributed by atoms with Crippen molar-refractivity contribution in [3.8, 4) is 0 Å². The molecule has 0 aliphatic carbocycles. The third kappa shape index (κ3) is 1.95. The predicted octanol–water partition coefficient (Wildman–Crippen LogP) is 2.06. The molecule has 7 heteroatoms. The fraction of sp³-hybridized carbons (Fsp3) is 0.444. The first-order valence-corrected chi connectivity index (χ1v) is 6.39. The maximum atomic E-state index is 11.7. The number of nitrogens with one attached hydrogen (secondary N) is 1. The number of carbonyl (C=O) groups excluding carboxylic acids is 1. The van der Waals surface area contributed by atoms with Crippen molar-refractivity contribution in [3.63, 3.8) is 0 Å². The third-order valence-corrected chi connectivity index (χ3v) is 3.61. The first-order valence-electron chi connectivity index (χ1n) is 4.76. The molecule has 1 aliphatic heterocycles. The van der Waals surface area contributed by atoms with Crippen LogP contribution in [0.2, 0.25) is 5.28 Å². The van der Waals surface area contributed by atoms with Gasteiger partial charge in [0.1, 0.15) is 5.69 Å². The maximum absolute atomic E-state index is 11.7. The van der Waals surface area contributed by atoms with E-state index in [-0.39, 0.29) is 21.3 Å². The third-order valence-electron chi connectivity index (χ3n) is 2.26. The number of hydrogen-bond acceptors (Lipinski definition) is 4. The Morgan fingerprint density at radius 1 is 1.62 bits per heavy atom. The molecular formula is C9H10ClIN4O. The summed E-state index contributed by atoms with van der Waals surface area (Å²) in [6.07, 6.45) is 1.53. The van der Waals surface area contributed by atoms with E-state index in [1.165, 1.54) is 6.20 Å². The Hall–Kier alpha value is -0.630. The van der Waals surface area contributed by atoms with Crippen molar-refractivity contribution in [2.75, 3.05) is 10.2 Å². The Kier molecular flexibility index (Phi) is 3.20. The average molecular weight is 353 g/mol. The van der Waals surface area contributed by atoms with Gasteiger partial charge in [-0.15, -0.1) is 0 Å². The molecule has 1 N–H and O–H groups in total. The molecular weight excluding hydrogens is 342 g/mol. The van der Waals surface area contributed by atoms with E-state index in [4.69, 9.17) is 11.6 Å². The van der Waals surface area contributed by atoms with Crippen LogP contribution >= 0.6 is 34.2 Å². The summed E-state index contributed by atoms with van der Waals surface area (Å²) in [4.78, 5) is 21.6. The smallest absolute Gasteiger partial charge is 0.257 e. The molecule has 0 bridgehead atoms. The van der Waals surface area contributed by atoms with E-state index < -0.39 is 0 Å². The molecule has 1 aliphatic rings. The number of aromatic nitrogens is 2. The molecule has 0 radical (unpaired) electrons. The number of anilines is 2. The minimum Gasteiger partial charge on any atom is -0.332 e. The lowest BCUT2D eigenvalue weighted by molar-refractivity contribution is -0.115. The van der Waals surface area contributed by atoms with Crippen LogP contribution in [-0.2, 0) is 4.79 Å². The van der Waals surface area contributed by atoms with Crippen molar-refractivity contribution >= 4 is 51.6 Å². The molecule has 86 valence electrons. The highest BCUT2D eigenvalue weighted by molar-refractivity contribution is 14.1. The van der Waals surface area contributed by atoms with Gasteiger partial charge < -0.3 is 10.2 Å². The zero-order valence-corrected chi connectivity index (χ0v) is 11.7. The molecule has 0 spiro atoms. The van der Waals surface area contributed by atoms with Crippen LogP contribution in [0.25, 0.3) is 0 Å². The highest BCUT2D eigenvalue weighted by Gasteiger charge is 2.33. The Bertz CT molecular complexity index is 440. The lowest BCUT2D eigenvalue weighted by atomic mass is 10.2. The summed E-state index contributed by atoms with van der Waals surface area (Å²) in [5.74, 6) is 0.613.